The van der Waals surface area contributed by atoms with Crippen molar-refractivity contribution in [1.29, 1.82) is 0 Å². The molecule has 2 aromatic carbocycles. The summed E-state index contributed by atoms with van der Waals surface area (Å²) in [6.45, 7) is 0.542. The molecule has 0 bridgehead atoms. The van der Waals surface area contributed by atoms with E-state index in [2.05, 4.69) is 0 Å². The summed E-state index contributed by atoms with van der Waals surface area (Å²) in [5, 5.41) is 0. The summed E-state index contributed by atoms with van der Waals surface area (Å²) < 4.78 is 5.40. The lowest BCUT2D eigenvalue weighted by Crippen LogP contribution is -2.64. The fraction of sp³-hybridized carbons (Fsp3) is 0.286. The number of fused-ring (bicyclic) bond motifs is 1. The Bertz CT molecular complexity index is 951. The van der Waals surface area contributed by atoms with Crippen LogP contribution in [-0.4, -0.2) is 49.4 Å². The van der Waals surface area contributed by atoms with Crippen LogP contribution in [-0.2, 0) is 16.0 Å². The van der Waals surface area contributed by atoms with E-state index >= 15 is 0 Å². The highest BCUT2D eigenvalue weighted by Gasteiger charge is 2.50. The van der Waals surface area contributed by atoms with Crippen molar-refractivity contribution in [2.75, 3.05) is 31.6 Å². The van der Waals surface area contributed by atoms with Crippen LogP contribution in [0.5, 0.6) is 5.75 Å². The number of primary amides is 1. The van der Waals surface area contributed by atoms with E-state index in [-0.39, 0.29) is 31.5 Å². The van der Waals surface area contributed by atoms with Crippen molar-refractivity contribution in [3.8, 4) is 5.75 Å². The number of hydrogen-bond acceptors (Lipinski definition) is 4. The summed E-state index contributed by atoms with van der Waals surface area (Å²) in [5.41, 5.74) is 6.94. The van der Waals surface area contributed by atoms with E-state index < -0.39 is 11.3 Å². The van der Waals surface area contributed by atoms with Crippen molar-refractivity contribution >= 4 is 23.4 Å². The number of ether oxygens (including phenoxy) is 1. The molecule has 2 N–H and O–H groups in total. The zero-order valence-electron chi connectivity index (χ0n) is 15.6. The van der Waals surface area contributed by atoms with Gasteiger partial charge in [0.1, 0.15) is 5.75 Å². The van der Waals surface area contributed by atoms with E-state index in [1.54, 1.807) is 30.1 Å². The van der Waals surface area contributed by atoms with Crippen molar-refractivity contribution < 1.29 is 19.1 Å². The fourth-order valence-electron chi connectivity index (χ4n) is 3.76. The topological polar surface area (TPSA) is 92.9 Å². The molecule has 3 amide bonds. The van der Waals surface area contributed by atoms with Gasteiger partial charge >= 0.3 is 0 Å². The van der Waals surface area contributed by atoms with E-state index in [0.717, 1.165) is 5.56 Å². The molecular weight excluding hydrogens is 358 g/mol. The second kappa shape index (κ2) is 6.67. The molecule has 2 heterocycles. The number of carbonyl (C=O) groups is 3. The third kappa shape index (κ3) is 2.98. The van der Waals surface area contributed by atoms with Crippen molar-refractivity contribution in [3.63, 3.8) is 0 Å². The normalized spacial score (nSPS) is 17.4. The average Bonchev–Trinajstić information content (AvgIpc) is 2.67. The Labute approximate surface area is 162 Å². The maximum atomic E-state index is 12.9. The van der Waals surface area contributed by atoms with Crippen LogP contribution in [0, 0.1) is 5.41 Å². The van der Waals surface area contributed by atoms with E-state index in [0.29, 0.717) is 23.4 Å². The van der Waals surface area contributed by atoms with Crippen LogP contribution in [0.1, 0.15) is 15.9 Å². The molecule has 28 heavy (non-hydrogen) atoms. The number of nitrogens with two attached hydrogens (primary N) is 1. The molecule has 2 aromatic rings. The van der Waals surface area contributed by atoms with Crippen LogP contribution in [0.25, 0.3) is 0 Å². The summed E-state index contributed by atoms with van der Waals surface area (Å²) in [6.07, 6.45) is 0.502. The van der Waals surface area contributed by atoms with Gasteiger partial charge in [0.2, 0.25) is 5.91 Å². The quantitative estimate of drug-likeness (QED) is 0.864. The lowest BCUT2D eigenvalue weighted by Gasteiger charge is -2.48. The first-order chi connectivity index (χ1) is 13.4. The molecule has 144 valence electrons. The first-order valence-corrected chi connectivity index (χ1v) is 9.06. The van der Waals surface area contributed by atoms with E-state index in [9.17, 15) is 14.4 Å². The zero-order valence-corrected chi connectivity index (χ0v) is 15.6. The van der Waals surface area contributed by atoms with Gasteiger partial charge in [0.15, 0.2) is 6.61 Å². The van der Waals surface area contributed by atoms with Gasteiger partial charge in [-0.2, -0.15) is 0 Å². The van der Waals surface area contributed by atoms with Crippen LogP contribution in [0.15, 0.2) is 48.5 Å². The number of carbonyl (C=O) groups excluding carboxylic acids is 3. The number of rotatable bonds is 4. The largest absolute Gasteiger partial charge is 0.482 e. The fourth-order valence-corrected chi connectivity index (χ4v) is 3.76. The van der Waals surface area contributed by atoms with Crippen LogP contribution >= 0.6 is 0 Å². The smallest absolute Gasteiger partial charge is 0.264 e. The SMILES string of the molecule is CN1C(=O)COc2ccc(C(=O)N3CC(Cc4ccccc4)(C(N)=O)C3)cc21. The maximum absolute atomic E-state index is 12.9. The van der Waals surface area contributed by atoms with E-state index in [1.165, 1.54) is 4.90 Å². The monoisotopic (exact) mass is 379 g/mol. The minimum atomic E-state index is -0.749. The Morgan fingerprint density at radius 1 is 1.14 bits per heavy atom. The van der Waals surface area contributed by atoms with Gasteiger partial charge in [0.25, 0.3) is 11.8 Å². The second-order valence-corrected chi connectivity index (χ2v) is 7.39. The molecule has 0 radical (unpaired) electrons. The average molecular weight is 379 g/mol. The Hall–Kier alpha value is -3.35. The first-order valence-electron chi connectivity index (χ1n) is 9.06. The number of amides is 3. The number of likely N-dealkylation sites (N-methyl/N-ethyl adjacent to an activating group) is 1. The third-order valence-electron chi connectivity index (χ3n) is 5.47. The molecule has 4 rings (SSSR count). The van der Waals surface area contributed by atoms with E-state index in [4.69, 9.17) is 10.5 Å². The summed E-state index contributed by atoms with van der Waals surface area (Å²) in [7, 11) is 1.65. The lowest BCUT2D eigenvalue weighted by atomic mass is 9.74. The number of anilines is 1. The molecule has 0 aromatic heterocycles. The highest BCUT2D eigenvalue weighted by Crippen LogP contribution is 2.37. The van der Waals surface area contributed by atoms with Crippen LogP contribution in [0.2, 0.25) is 0 Å². The molecule has 2 aliphatic rings. The van der Waals surface area contributed by atoms with Crippen LogP contribution < -0.4 is 15.4 Å². The van der Waals surface area contributed by atoms with Gasteiger partial charge in [-0.1, -0.05) is 30.3 Å². The summed E-state index contributed by atoms with van der Waals surface area (Å²) in [4.78, 5) is 39.9. The molecule has 0 aliphatic carbocycles. The number of likely N-dealkylation sites (tertiary alicyclic amines) is 1. The van der Waals surface area contributed by atoms with Gasteiger partial charge in [-0.05, 0) is 30.2 Å². The molecular formula is C21H21N3O4. The Balaban J connectivity index is 1.51. The van der Waals surface area contributed by atoms with Gasteiger partial charge in [-0.15, -0.1) is 0 Å². The van der Waals surface area contributed by atoms with Crippen LogP contribution in [0.4, 0.5) is 5.69 Å². The van der Waals surface area contributed by atoms with Gasteiger partial charge in [-0.25, -0.2) is 0 Å². The molecule has 2 aliphatic heterocycles. The third-order valence-corrected chi connectivity index (χ3v) is 5.47. The van der Waals surface area contributed by atoms with Gasteiger partial charge < -0.3 is 20.3 Å². The van der Waals surface area contributed by atoms with Gasteiger partial charge in [-0.3, -0.25) is 14.4 Å². The number of hydrogen-bond donors (Lipinski definition) is 1. The number of benzene rings is 2. The standard InChI is InChI=1S/C21H21N3O4/c1-23-16-9-15(7-8-17(16)28-11-18(23)25)19(26)24-12-21(13-24,20(22)27)10-14-5-3-2-4-6-14/h2-9H,10-13H2,1H3,(H2,22,27). The minimum Gasteiger partial charge on any atom is -0.482 e. The Morgan fingerprint density at radius 2 is 1.86 bits per heavy atom. The first kappa shape index (κ1) is 18.0. The van der Waals surface area contributed by atoms with Crippen molar-refractivity contribution in [1.82, 2.24) is 4.90 Å². The molecule has 7 nitrogen and oxygen atoms in total. The molecule has 0 saturated carbocycles. The lowest BCUT2D eigenvalue weighted by molar-refractivity contribution is -0.135. The Kier molecular flexibility index (Phi) is 4.30. The zero-order chi connectivity index (χ0) is 19.9. The summed E-state index contributed by atoms with van der Waals surface area (Å²) in [5.74, 6) is -0.196. The molecule has 0 unspecified atom stereocenters. The predicted octanol–water partition coefficient (Wildman–Crippen LogP) is 1.21. The maximum Gasteiger partial charge on any atom is 0.264 e. The van der Waals surface area contributed by atoms with Crippen molar-refractivity contribution in [2.24, 2.45) is 11.1 Å². The molecule has 0 spiro atoms. The number of nitrogens with zero attached hydrogens (tertiary/aromatic N) is 2. The summed E-state index contributed by atoms with van der Waals surface area (Å²) in [6, 6.07) is 14.7. The van der Waals surface area contributed by atoms with Crippen molar-refractivity contribution in [2.45, 2.75) is 6.42 Å². The minimum absolute atomic E-state index is 0.0104. The van der Waals surface area contributed by atoms with Gasteiger partial charge in [0, 0.05) is 25.7 Å². The van der Waals surface area contributed by atoms with Crippen LogP contribution in [0.3, 0.4) is 0 Å². The summed E-state index contributed by atoms with van der Waals surface area (Å²) >= 11 is 0. The second-order valence-electron chi connectivity index (χ2n) is 7.39. The van der Waals surface area contributed by atoms with Crippen molar-refractivity contribution in [3.05, 3.63) is 59.7 Å². The van der Waals surface area contributed by atoms with E-state index in [1.807, 2.05) is 30.3 Å². The van der Waals surface area contributed by atoms with Gasteiger partial charge in [0.05, 0.1) is 11.1 Å². The molecule has 0 atom stereocenters. The highest BCUT2D eigenvalue weighted by molar-refractivity contribution is 6.01. The Morgan fingerprint density at radius 3 is 2.54 bits per heavy atom. The molecule has 1 fully saturated rings. The molecule has 1 saturated heterocycles. The predicted molar refractivity (Wildman–Crippen MR) is 103 cm³/mol. The highest BCUT2D eigenvalue weighted by atomic mass is 16.5. The molecule has 7 heteroatoms.